The molecule has 0 amide bonds. The number of hydrogen-bond donors (Lipinski definition) is 1. The highest BCUT2D eigenvalue weighted by Crippen LogP contribution is 2.29. The number of aryl methyl sites for hydroxylation is 1. The number of benzene rings is 1. The van der Waals surface area contributed by atoms with Crippen LogP contribution in [0.2, 0.25) is 0 Å². The number of imidazole rings is 1. The summed E-state index contributed by atoms with van der Waals surface area (Å²) in [5, 5.41) is 0. The molecule has 0 atom stereocenters. The molecule has 110 valence electrons. The predicted octanol–water partition coefficient (Wildman–Crippen LogP) is 3.01. The molecule has 0 radical (unpaired) electrons. The molecule has 1 aromatic carbocycles. The highest BCUT2D eigenvalue weighted by molar-refractivity contribution is 7.94. The Kier molecular flexibility index (Phi) is 3.46. The summed E-state index contributed by atoms with van der Waals surface area (Å²) in [5.41, 5.74) is 2.24. The fourth-order valence-corrected chi connectivity index (χ4v) is 4.73. The number of nitrogens with zero attached hydrogens (tertiary/aromatic N) is 2. The summed E-state index contributed by atoms with van der Waals surface area (Å²) in [6.45, 7) is 2.01. The highest BCUT2D eigenvalue weighted by atomic mass is 32.2. The van der Waals surface area contributed by atoms with E-state index in [2.05, 4.69) is 9.97 Å². The van der Waals surface area contributed by atoms with Crippen molar-refractivity contribution in [2.75, 3.05) is 11.4 Å². The Bertz CT molecular complexity index is 880. The van der Waals surface area contributed by atoms with Gasteiger partial charge in [-0.05, 0) is 36.8 Å². The second kappa shape index (κ2) is 5.16. The summed E-state index contributed by atoms with van der Waals surface area (Å²) < 4.78 is 27.0. The summed E-state index contributed by atoms with van der Waals surface area (Å²) in [7, 11) is -1.95. The third kappa shape index (κ3) is 2.43. The zero-order valence-electron chi connectivity index (χ0n) is 11.7. The molecular weight excluding hydrogens is 306 g/mol. The van der Waals surface area contributed by atoms with E-state index in [1.165, 1.54) is 15.6 Å². The lowest BCUT2D eigenvalue weighted by atomic mass is 10.3. The van der Waals surface area contributed by atoms with Crippen LogP contribution in [-0.2, 0) is 16.4 Å². The van der Waals surface area contributed by atoms with Crippen molar-refractivity contribution < 1.29 is 8.42 Å². The molecule has 2 heterocycles. The molecule has 0 saturated carbocycles. The van der Waals surface area contributed by atoms with Gasteiger partial charge in [0.25, 0.3) is 10.0 Å². The highest BCUT2D eigenvalue weighted by Gasteiger charge is 2.23. The van der Waals surface area contributed by atoms with Gasteiger partial charge in [-0.3, -0.25) is 4.31 Å². The number of thiophene rings is 1. The predicted molar refractivity (Wildman–Crippen MR) is 85.4 cm³/mol. The zero-order valence-corrected chi connectivity index (χ0v) is 13.3. The van der Waals surface area contributed by atoms with Crippen LogP contribution < -0.4 is 4.31 Å². The normalized spacial score (nSPS) is 11.9. The van der Waals surface area contributed by atoms with Crippen molar-refractivity contribution in [3.05, 3.63) is 41.5 Å². The smallest absolute Gasteiger partial charge is 0.273 e. The quantitative estimate of drug-likeness (QED) is 0.803. The van der Waals surface area contributed by atoms with E-state index in [1.807, 2.05) is 13.0 Å². The topological polar surface area (TPSA) is 66.1 Å². The van der Waals surface area contributed by atoms with Crippen LogP contribution in [0, 0.1) is 0 Å². The summed E-state index contributed by atoms with van der Waals surface area (Å²) in [5.74, 6) is 0. The number of anilines is 1. The average molecular weight is 321 g/mol. The van der Waals surface area contributed by atoms with Gasteiger partial charge in [-0.2, -0.15) is 0 Å². The van der Waals surface area contributed by atoms with E-state index in [0.717, 1.165) is 22.3 Å². The van der Waals surface area contributed by atoms with Crippen LogP contribution in [-0.4, -0.2) is 25.4 Å². The van der Waals surface area contributed by atoms with E-state index < -0.39 is 10.0 Å². The monoisotopic (exact) mass is 321 g/mol. The molecule has 21 heavy (non-hydrogen) atoms. The average Bonchev–Trinajstić information content (AvgIpc) is 3.14. The minimum atomic E-state index is -3.52. The second-order valence-electron chi connectivity index (χ2n) is 4.65. The van der Waals surface area contributed by atoms with Crippen LogP contribution in [0.5, 0.6) is 0 Å². The van der Waals surface area contributed by atoms with E-state index in [4.69, 9.17) is 0 Å². The molecule has 0 bridgehead atoms. The standard InChI is InChI=1S/C14H15N3O2S2/c1-3-11-5-7-14(20-11)21(18,19)17(2)10-4-6-12-13(8-10)16-9-15-12/h4-9H,3H2,1-2H3,(H,15,16). The van der Waals surface area contributed by atoms with Gasteiger partial charge < -0.3 is 4.98 Å². The van der Waals surface area contributed by atoms with Crippen molar-refractivity contribution in [2.45, 2.75) is 17.6 Å². The van der Waals surface area contributed by atoms with Crippen LogP contribution >= 0.6 is 11.3 Å². The number of rotatable bonds is 4. The van der Waals surface area contributed by atoms with Gasteiger partial charge in [0, 0.05) is 11.9 Å². The lowest BCUT2D eigenvalue weighted by Crippen LogP contribution is -2.25. The van der Waals surface area contributed by atoms with Crippen molar-refractivity contribution in [1.82, 2.24) is 9.97 Å². The zero-order chi connectivity index (χ0) is 15.0. The van der Waals surface area contributed by atoms with E-state index in [0.29, 0.717) is 9.90 Å². The largest absolute Gasteiger partial charge is 0.345 e. The number of H-pyrrole nitrogens is 1. The molecule has 0 unspecified atom stereocenters. The van der Waals surface area contributed by atoms with Gasteiger partial charge in [0.15, 0.2) is 0 Å². The molecule has 0 aliphatic rings. The molecule has 2 aromatic heterocycles. The van der Waals surface area contributed by atoms with Crippen LogP contribution in [0.1, 0.15) is 11.8 Å². The Labute approximate surface area is 127 Å². The van der Waals surface area contributed by atoms with E-state index in [9.17, 15) is 8.42 Å². The third-order valence-electron chi connectivity index (χ3n) is 3.37. The molecule has 0 aliphatic heterocycles. The maximum absolute atomic E-state index is 12.6. The maximum atomic E-state index is 12.6. The first kappa shape index (κ1) is 14.1. The van der Waals surface area contributed by atoms with Crippen LogP contribution in [0.4, 0.5) is 5.69 Å². The molecular formula is C14H15N3O2S2. The minimum Gasteiger partial charge on any atom is -0.345 e. The van der Waals surface area contributed by atoms with Crippen molar-refractivity contribution in [1.29, 1.82) is 0 Å². The van der Waals surface area contributed by atoms with Crippen molar-refractivity contribution in [2.24, 2.45) is 0 Å². The lowest BCUT2D eigenvalue weighted by molar-refractivity contribution is 0.596. The van der Waals surface area contributed by atoms with Gasteiger partial charge in [0.05, 0.1) is 23.0 Å². The van der Waals surface area contributed by atoms with E-state index >= 15 is 0 Å². The Morgan fingerprint density at radius 3 is 2.81 bits per heavy atom. The number of nitrogens with one attached hydrogen (secondary N) is 1. The van der Waals surface area contributed by atoms with Gasteiger partial charge in [-0.15, -0.1) is 11.3 Å². The molecule has 3 aromatic rings. The fraction of sp³-hybridized carbons (Fsp3) is 0.214. The fourth-order valence-electron chi connectivity index (χ4n) is 2.08. The molecule has 0 fully saturated rings. The van der Waals surface area contributed by atoms with Crippen molar-refractivity contribution >= 4 is 38.1 Å². The van der Waals surface area contributed by atoms with Gasteiger partial charge >= 0.3 is 0 Å². The first-order valence-corrected chi connectivity index (χ1v) is 8.79. The van der Waals surface area contributed by atoms with Crippen LogP contribution in [0.15, 0.2) is 40.9 Å². The maximum Gasteiger partial charge on any atom is 0.273 e. The first-order chi connectivity index (χ1) is 10.0. The number of fused-ring (bicyclic) bond motifs is 1. The summed E-state index contributed by atoms with van der Waals surface area (Å²) in [4.78, 5) is 8.18. The minimum absolute atomic E-state index is 0.367. The Balaban J connectivity index is 2.00. The Hall–Kier alpha value is -1.86. The van der Waals surface area contributed by atoms with Crippen molar-refractivity contribution in [3.63, 3.8) is 0 Å². The molecule has 0 saturated heterocycles. The van der Waals surface area contributed by atoms with Gasteiger partial charge in [0.2, 0.25) is 0 Å². The SMILES string of the molecule is CCc1ccc(S(=O)(=O)N(C)c2ccc3nc[nH]c3c2)s1. The third-order valence-corrected chi connectivity index (χ3v) is 6.85. The summed E-state index contributed by atoms with van der Waals surface area (Å²) in [6, 6.07) is 8.88. The summed E-state index contributed by atoms with van der Waals surface area (Å²) >= 11 is 1.32. The van der Waals surface area contributed by atoms with Crippen LogP contribution in [0.3, 0.4) is 0 Å². The number of aromatic nitrogens is 2. The Morgan fingerprint density at radius 1 is 1.29 bits per heavy atom. The molecule has 3 rings (SSSR count). The van der Waals surface area contributed by atoms with Crippen molar-refractivity contribution in [3.8, 4) is 0 Å². The number of aromatic amines is 1. The van der Waals surface area contributed by atoms with Gasteiger partial charge in [0.1, 0.15) is 4.21 Å². The van der Waals surface area contributed by atoms with Gasteiger partial charge in [-0.1, -0.05) is 6.92 Å². The summed E-state index contributed by atoms with van der Waals surface area (Å²) in [6.07, 6.45) is 2.43. The Morgan fingerprint density at radius 2 is 2.10 bits per heavy atom. The molecule has 5 nitrogen and oxygen atoms in total. The lowest BCUT2D eigenvalue weighted by Gasteiger charge is -2.18. The number of hydrogen-bond acceptors (Lipinski definition) is 4. The molecule has 0 spiro atoms. The second-order valence-corrected chi connectivity index (χ2v) is 8.02. The molecule has 0 aliphatic carbocycles. The van der Waals surface area contributed by atoms with E-state index in [1.54, 1.807) is 37.6 Å². The molecule has 7 heteroatoms. The van der Waals surface area contributed by atoms with Gasteiger partial charge in [-0.25, -0.2) is 13.4 Å². The van der Waals surface area contributed by atoms with E-state index in [-0.39, 0.29) is 0 Å². The molecule has 1 N–H and O–H groups in total. The number of sulfonamides is 1. The van der Waals surface area contributed by atoms with Crippen LogP contribution in [0.25, 0.3) is 11.0 Å². The first-order valence-electron chi connectivity index (χ1n) is 6.53.